The van der Waals surface area contributed by atoms with Gasteiger partial charge < -0.3 is 19.0 Å². The molecule has 1 aliphatic carbocycles. The number of alkyl halides is 4. The zero-order chi connectivity index (χ0) is 28.6. The molecule has 2 aromatic heterocycles. The highest BCUT2D eigenvalue weighted by Crippen LogP contribution is 2.54. The molecular formula is C24H20Cl2F4N6O4. The second kappa shape index (κ2) is 9.06. The minimum absolute atomic E-state index is 0.00781. The number of rotatable bonds is 6. The Balaban J connectivity index is 1.29. The van der Waals surface area contributed by atoms with Crippen LogP contribution in [0.2, 0.25) is 10.0 Å². The molecule has 16 heteroatoms. The van der Waals surface area contributed by atoms with Crippen molar-refractivity contribution >= 4 is 35.0 Å². The van der Waals surface area contributed by atoms with Gasteiger partial charge in [-0.1, -0.05) is 29.3 Å². The van der Waals surface area contributed by atoms with Crippen LogP contribution < -0.4 is 4.74 Å². The van der Waals surface area contributed by atoms with Crippen molar-refractivity contribution in [1.29, 1.82) is 0 Å². The number of hydrogen-bond donors (Lipinski definition) is 1. The lowest BCUT2D eigenvalue weighted by molar-refractivity contribution is -0.147. The lowest BCUT2D eigenvalue weighted by Gasteiger charge is -2.50. The van der Waals surface area contributed by atoms with E-state index in [0.29, 0.717) is 0 Å². The number of H-pyrrole nitrogens is 1. The summed E-state index contributed by atoms with van der Waals surface area (Å²) in [5, 5.41) is 13.9. The number of benzene rings is 1. The van der Waals surface area contributed by atoms with Crippen LogP contribution in [-0.2, 0) is 10.7 Å². The van der Waals surface area contributed by atoms with Gasteiger partial charge in [0.25, 0.3) is 17.7 Å². The van der Waals surface area contributed by atoms with Crippen molar-refractivity contribution in [2.75, 3.05) is 33.3 Å². The molecule has 1 N–H and O–H groups in total. The number of halogens is 6. The van der Waals surface area contributed by atoms with E-state index in [-0.39, 0.29) is 53.6 Å². The number of aromatic amines is 1. The van der Waals surface area contributed by atoms with Crippen molar-refractivity contribution in [2.45, 2.75) is 24.2 Å². The molecule has 212 valence electrons. The molecule has 10 nitrogen and oxygen atoms in total. The Labute approximate surface area is 233 Å². The molecular weight excluding hydrogens is 583 g/mol. The number of methoxy groups -OCH3 is 1. The molecule has 4 heterocycles. The molecule has 0 bridgehead atoms. The predicted molar refractivity (Wildman–Crippen MR) is 130 cm³/mol. The van der Waals surface area contributed by atoms with Crippen LogP contribution in [0.1, 0.15) is 40.2 Å². The van der Waals surface area contributed by atoms with Crippen LogP contribution in [0.5, 0.6) is 5.75 Å². The van der Waals surface area contributed by atoms with Gasteiger partial charge in [0, 0.05) is 43.6 Å². The molecule has 6 rings (SSSR count). The fourth-order valence-electron chi connectivity index (χ4n) is 5.41. The molecule has 0 radical (unpaired) electrons. The SMILES string of the molecule is COc1cn[nH]c1C(=O)N1CC(c2nnc(C(F)(F)c3ccc(Cl)c(Cl)c3)o2)C2(C1)CN(C(=O)[C@H]1CC1(F)F)C2. The second-order valence-corrected chi connectivity index (χ2v) is 11.1. The molecule has 1 spiro atoms. The number of nitrogens with zero attached hydrogens (tertiary/aromatic N) is 5. The van der Waals surface area contributed by atoms with E-state index in [0.717, 1.165) is 12.1 Å². The molecule has 1 unspecified atom stereocenters. The monoisotopic (exact) mass is 602 g/mol. The molecule has 1 saturated carbocycles. The Bertz CT molecular complexity index is 1510. The summed E-state index contributed by atoms with van der Waals surface area (Å²) in [6, 6.07) is 3.29. The number of nitrogens with one attached hydrogen (secondary N) is 1. The summed E-state index contributed by atoms with van der Waals surface area (Å²) in [4.78, 5) is 28.6. The fraction of sp³-hybridized carbons (Fsp3) is 0.458. The minimum atomic E-state index is -3.72. The number of hydrogen-bond acceptors (Lipinski definition) is 7. The molecule has 3 aliphatic rings. The highest BCUT2D eigenvalue weighted by molar-refractivity contribution is 6.42. The molecule has 2 atom stereocenters. The zero-order valence-corrected chi connectivity index (χ0v) is 22.1. The summed E-state index contributed by atoms with van der Waals surface area (Å²) in [7, 11) is 1.37. The first-order valence-electron chi connectivity index (χ1n) is 12.1. The Morgan fingerprint density at radius 2 is 1.85 bits per heavy atom. The Hall–Kier alpha value is -3.39. The van der Waals surface area contributed by atoms with Crippen LogP contribution in [0, 0.1) is 11.3 Å². The molecule has 2 amide bonds. The van der Waals surface area contributed by atoms with Crippen LogP contribution in [0.3, 0.4) is 0 Å². The smallest absolute Gasteiger partial charge is 0.349 e. The molecule has 2 aliphatic heterocycles. The van der Waals surface area contributed by atoms with Gasteiger partial charge >= 0.3 is 5.92 Å². The maximum Gasteiger partial charge on any atom is 0.349 e. The minimum Gasteiger partial charge on any atom is -0.493 e. The number of carbonyl (C=O) groups excluding carboxylic acids is 2. The third-order valence-electron chi connectivity index (χ3n) is 7.71. The number of amides is 2. The van der Waals surface area contributed by atoms with E-state index in [9.17, 15) is 18.4 Å². The number of likely N-dealkylation sites (tertiary alicyclic amines) is 2. The van der Waals surface area contributed by atoms with Crippen molar-refractivity contribution < 1.29 is 36.3 Å². The summed E-state index contributed by atoms with van der Waals surface area (Å²) in [6.45, 7) is 0.0642. The summed E-state index contributed by atoms with van der Waals surface area (Å²) in [6.07, 6.45) is 0.811. The van der Waals surface area contributed by atoms with Crippen molar-refractivity contribution in [3.8, 4) is 5.75 Å². The quantitative estimate of drug-likeness (QED) is 0.424. The third-order valence-corrected chi connectivity index (χ3v) is 8.45. The van der Waals surface area contributed by atoms with E-state index in [1.165, 1.54) is 29.2 Å². The Morgan fingerprint density at radius 1 is 1.15 bits per heavy atom. The molecule has 3 fully saturated rings. The van der Waals surface area contributed by atoms with E-state index < -0.39 is 58.8 Å². The average Bonchev–Trinajstić information content (AvgIpc) is 3.39. The topological polar surface area (TPSA) is 117 Å². The predicted octanol–water partition coefficient (Wildman–Crippen LogP) is 3.97. The standard InChI is InChI=1S/C24H20Cl2F4N6O4/c1-39-16-6-31-32-17(16)20(38)35-7-13(22(8-35)9-36(10-22)19(37)12-5-23(12,27)28)18-33-34-21(40-18)24(29,30)11-2-3-14(25)15(26)4-11/h2-4,6,12-13H,5,7-10H2,1H3,(H,31,32)/t12-,13?/m1/s1. The van der Waals surface area contributed by atoms with Crippen molar-refractivity contribution in [3.63, 3.8) is 0 Å². The zero-order valence-electron chi connectivity index (χ0n) is 20.6. The van der Waals surface area contributed by atoms with E-state index in [4.69, 9.17) is 32.4 Å². The van der Waals surface area contributed by atoms with E-state index in [2.05, 4.69) is 20.4 Å². The van der Waals surface area contributed by atoms with Gasteiger partial charge in [-0.2, -0.15) is 13.9 Å². The third kappa shape index (κ3) is 4.19. The van der Waals surface area contributed by atoms with Crippen LogP contribution in [0.4, 0.5) is 17.6 Å². The summed E-state index contributed by atoms with van der Waals surface area (Å²) >= 11 is 11.8. The van der Waals surface area contributed by atoms with Crippen LogP contribution in [0.15, 0.2) is 28.8 Å². The fourth-order valence-corrected chi connectivity index (χ4v) is 5.71. The maximum absolute atomic E-state index is 15.3. The van der Waals surface area contributed by atoms with Gasteiger partial charge in [-0.3, -0.25) is 14.7 Å². The first-order valence-corrected chi connectivity index (χ1v) is 12.8. The van der Waals surface area contributed by atoms with Crippen molar-refractivity contribution in [2.24, 2.45) is 11.3 Å². The molecule has 40 heavy (non-hydrogen) atoms. The summed E-state index contributed by atoms with van der Waals surface area (Å²) in [5.41, 5.74) is -1.33. The number of aromatic nitrogens is 4. The van der Waals surface area contributed by atoms with Crippen molar-refractivity contribution in [3.05, 3.63) is 57.5 Å². The van der Waals surface area contributed by atoms with Crippen LogP contribution in [-0.4, -0.2) is 81.2 Å². The Morgan fingerprint density at radius 3 is 2.50 bits per heavy atom. The summed E-state index contributed by atoms with van der Waals surface area (Å²) < 4.78 is 68.3. The number of ether oxygens (including phenoxy) is 1. The van der Waals surface area contributed by atoms with E-state index >= 15 is 8.78 Å². The first-order chi connectivity index (χ1) is 18.9. The van der Waals surface area contributed by atoms with Gasteiger partial charge in [0.15, 0.2) is 11.4 Å². The normalized spacial score (nSPS) is 22.9. The molecule has 1 aromatic carbocycles. The highest BCUT2D eigenvalue weighted by Gasteiger charge is 2.66. The number of carbonyl (C=O) groups is 2. The lowest BCUT2D eigenvalue weighted by Crippen LogP contribution is -2.62. The summed E-state index contributed by atoms with van der Waals surface area (Å²) in [5.74, 6) is -11.1. The van der Waals surface area contributed by atoms with Gasteiger partial charge in [0.05, 0.1) is 29.3 Å². The van der Waals surface area contributed by atoms with Crippen LogP contribution >= 0.6 is 23.2 Å². The van der Waals surface area contributed by atoms with Crippen molar-refractivity contribution in [1.82, 2.24) is 30.2 Å². The van der Waals surface area contributed by atoms with Gasteiger partial charge in [0.2, 0.25) is 11.8 Å². The van der Waals surface area contributed by atoms with Gasteiger partial charge in [-0.05, 0) is 12.1 Å². The van der Waals surface area contributed by atoms with Gasteiger partial charge in [-0.15, -0.1) is 10.2 Å². The first kappa shape index (κ1) is 26.8. The van der Waals surface area contributed by atoms with Gasteiger partial charge in [-0.25, -0.2) is 8.78 Å². The molecule has 3 aromatic rings. The van der Waals surface area contributed by atoms with E-state index in [1.54, 1.807) is 0 Å². The largest absolute Gasteiger partial charge is 0.493 e. The molecule has 2 saturated heterocycles. The second-order valence-electron chi connectivity index (χ2n) is 10.3. The maximum atomic E-state index is 15.3. The van der Waals surface area contributed by atoms with E-state index in [1.807, 2.05) is 0 Å². The van der Waals surface area contributed by atoms with Crippen LogP contribution in [0.25, 0.3) is 0 Å². The van der Waals surface area contributed by atoms with Gasteiger partial charge in [0.1, 0.15) is 5.92 Å². The highest BCUT2D eigenvalue weighted by atomic mass is 35.5. The lowest BCUT2D eigenvalue weighted by atomic mass is 9.71. The Kier molecular flexibility index (Phi) is 6.07. The average molecular weight is 603 g/mol.